The van der Waals surface area contributed by atoms with Gasteiger partial charge in [0.05, 0.1) is 5.56 Å². The van der Waals surface area contributed by atoms with E-state index in [0.29, 0.717) is 5.56 Å². The Labute approximate surface area is 99.2 Å². The van der Waals surface area contributed by atoms with Gasteiger partial charge in [-0.3, -0.25) is 4.79 Å². The maximum Gasteiger partial charge on any atom is 0.258 e. The van der Waals surface area contributed by atoms with Gasteiger partial charge in [0.2, 0.25) is 0 Å². The number of hydrogen-bond acceptors (Lipinski definition) is 3. The number of nitrogens with one attached hydrogen (secondary N) is 1. The summed E-state index contributed by atoms with van der Waals surface area (Å²) in [6.07, 6.45) is 4.34. The van der Waals surface area contributed by atoms with Crippen LogP contribution >= 0.6 is 12.4 Å². The zero-order valence-electron chi connectivity index (χ0n) is 8.33. The molecule has 0 aliphatic heterocycles. The predicted octanol–water partition coefficient (Wildman–Crippen LogP) is 2.15. The summed E-state index contributed by atoms with van der Waals surface area (Å²) in [4.78, 5) is 19.2. The fraction of sp³-hybridized carbons (Fsp3) is 0. The monoisotopic (exact) mass is 235 g/mol. The lowest BCUT2D eigenvalue weighted by Crippen LogP contribution is -2.12. The van der Waals surface area contributed by atoms with Crippen LogP contribution < -0.4 is 5.32 Å². The molecule has 5 heteroatoms. The molecule has 82 valence electrons. The Morgan fingerprint density at radius 3 is 2.31 bits per heavy atom. The van der Waals surface area contributed by atoms with Gasteiger partial charge in [-0.15, -0.1) is 12.4 Å². The zero-order chi connectivity index (χ0) is 10.5. The van der Waals surface area contributed by atoms with Crippen molar-refractivity contribution in [3.8, 4) is 0 Å². The van der Waals surface area contributed by atoms with E-state index in [2.05, 4.69) is 15.3 Å². The molecule has 0 bridgehead atoms. The first-order chi connectivity index (χ1) is 7.36. The summed E-state index contributed by atoms with van der Waals surface area (Å²) in [7, 11) is 0. The van der Waals surface area contributed by atoms with Crippen LogP contribution in [-0.2, 0) is 0 Å². The number of carbonyl (C=O) groups excluding carboxylic acids is 1. The van der Waals surface area contributed by atoms with E-state index in [4.69, 9.17) is 0 Å². The Morgan fingerprint density at radius 2 is 1.69 bits per heavy atom. The molecular weight excluding hydrogens is 226 g/mol. The Morgan fingerprint density at radius 1 is 1.06 bits per heavy atom. The van der Waals surface area contributed by atoms with Gasteiger partial charge in [-0.2, -0.15) is 0 Å². The number of nitrogens with zero attached hydrogens (tertiary/aromatic N) is 2. The van der Waals surface area contributed by atoms with Crippen molar-refractivity contribution < 1.29 is 4.79 Å². The molecule has 16 heavy (non-hydrogen) atoms. The van der Waals surface area contributed by atoms with Crippen LogP contribution in [0.4, 0.5) is 5.69 Å². The summed E-state index contributed by atoms with van der Waals surface area (Å²) in [5, 5.41) is 2.74. The first-order valence-electron chi connectivity index (χ1n) is 4.47. The van der Waals surface area contributed by atoms with Crippen LogP contribution in [0.5, 0.6) is 0 Å². The number of rotatable bonds is 2. The maximum atomic E-state index is 11.6. The quantitative estimate of drug-likeness (QED) is 0.868. The number of benzene rings is 1. The van der Waals surface area contributed by atoms with Gasteiger partial charge in [0.15, 0.2) is 0 Å². The van der Waals surface area contributed by atoms with E-state index in [1.54, 1.807) is 0 Å². The average molecular weight is 236 g/mol. The number of hydrogen-bond donors (Lipinski definition) is 1. The molecule has 0 radical (unpaired) electrons. The number of aromatic nitrogens is 2. The SMILES string of the molecule is Cl.O=C(Nc1ccccc1)c1cncnc1. The molecule has 2 rings (SSSR count). The largest absolute Gasteiger partial charge is 0.322 e. The highest BCUT2D eigenvalue weighted by molar-refractivity contribution is 6.03. The Balaban J connectivity index is 0.00000128. The number of para-hydroxylation sites is 1. The first kappa shape index (κ1) is 12.1. The second-order valence-electron chi connectivity index (χ2n) is 2.95. The van der Waals surface area contributed by atoms with Crippen molar-refractivity contribution in [3.05, 3.63) is 54.6 Å². The minimum atomic E-state index is -0.207. The van der Waals surface area contributed by atoms with E-state index in [1.165, 1.54) is 18.7 Å². The van der Waals surface area contributed by atoms with Crippen LogP contribution in [0.25, 0.3) is 0 Å². The lowest BCUT2D eigenvalue weighted by atomic mass is 10.3. The second kappa shape index (κ2) is 5.82. The van der Waals surface area contributed by atoms with Crippen molar-refractivity contribution in [3.63, 3.8) is 0 Å². The van der Waals surface area contributed by atoms with Crippen molar-refractivity contribution in [2.75, 3.05) is 5.32 Å². The van der Waals surface area contributed by atoms with Gasteiger partial charge in [0.1, 0.15) is 6.33 Å². The summed E-state index contributed by atoms with van der Waals surface area (Å²) in [5.41, 5.74) is 1.20. The van der Waals surface area contributed by atoms with Gasteiger partial charge < -0.3 is 5.32 Å². The Bertz CT molecular complexity index is 447. The minimum absolute atomic E-state index is 0. The van der Waals surface area contributed by atoms with Gasteiger partial charge >= 0.3 is 0 Å². The Kier molecular flexibility index (Phi) is 4.42. The third-order valence-corrected chi connectivity index (χ3v) is 1.85. The van der Waals surface area contributed by atoms with Crippen molar-refractivity contribution in [1.29, 1.82) is 0 Å². The number of amides is 1. The molecule has 0 saturated carbocycles. The van der Waals surface area contributed by atoms with E-state index >= 15 is 0 Å². The van der Waals surface area contributed by atoms with Crippen LogP contribution in [0.15, 0.2) is 49.1 Å². The van der Waals surface area contributed by atoms with Crippen molar-refractivity contribution in [2.24, 2.45) is 0 Å². The van der Waals surface area contributed by atoms with Crippen LogP contribution in [0, 0.1) is 0 Å². The predicted molar refractivity (Wildman–Crippen MR) is 63.7 cm³/mol. The molecule has 0 unspecified atom stereocenters. The third-order valence-electron chi connectivity index (χ3n) is 1.85. The van der Waals surface area contributed by atoms with E-state index in [1.807, 2.05) is 30.3 Å². The smallest absolute Gasteiger partial charge is 0.258 e. The highest BCUT2D eigenvalue weighted by Gasteiger charge is 2.04. The van der Waals surface area contributed by atoms with Crippen molar-refractivity contribution in [2.45, 2.75) is 0 Å². The summed E-state index contributed by atoms with van der Waals surface area (Å²) in [5.74, 6) is -0.207. The fourth-order valence-corrected chi connectivity index (χ4v) is 1.14. The lowest BCUT2D eigenvalue weighted by Gasteiger charge is -2.03. The van der Waals surface area contributed by atoms with Gasteiger partial charge in [0.25, 0.3) is 5.91 Å². The van der Waals surface area contributed by atoms with E-state index < -0.39 is 0 Å². The van der Waals surface area contributed by atoms with Crippen LogP contribution in [0.3, 0.4) is 0 Å². The molecule has 1 aromatic carbocycles. The van der Waals surface area contributed by atoms with Crippen molar-refractivity contribution in [1.82, 2.24) is 9.97 Å². The summed E-state index contributed by atoms with van der Waals surface area (Å²) >= 11 is 0. The van der Waals surface area contributed by atoms with Crippen LogP contribution in [0.1, 0.15) is 10.4 Å². The van der Waals surface area contributed by atoms with E-state index in [-0.39, 0.29) is 18.3 Å². The first-order valence-corrected chi connectivity index (χ1v) is 4.47. The molecule has 1 aromatic heterocycles. The Hall–Kier alpha value is -1.94. The molecule has 0 spiro atoms. The molecule has 1 amide bonds. The molecule has 1 heterocycles. The second-order valence-corrected chi connectivity index (χ2v) is 2.95. The van der Waals surface area contributed by atoms with Crippen LogP contribution in [0.2, 0.25) is 0 Å². The average Bonchev–Trinajstić information content (AvgIpc) is 2.31. The fourth-order valence-electron chi connectivity index (χ4n) is 1.14. The molecule has 0 aliphatic carbocycles. The summed E-state index contributed by atoms with van der Waals surface area (Å²) in [6.45, 7) is 0. The molecule has 1 N–H and O–H groups in total. The van der Waals surface area contributed by atoms with E-state index in [9.17, 15) is 4.79 Å². The summed E-state index contributed by atoms with van der Waals surface area (Å²) in [6, 6.07) is 9.25. The number of anilines is 1. The topological polar surface area (TPSA) is 54.9 Å². The lowest BCUT2D eigenvalue weighted by molar-refractivity contribution is 0.102. The van der Waals surface area contributed by atoms with Gasteiger partial charge in [-0.25, -0.2) is 9.97 Å². The maximum absolute atomic E-state index is 11.6. The molecule has 2 aromatic rings. The highest BCUT2D eigenvalue weighted by Crippen LogP contribution is 2.06. The third kappa shape index (κ3) is 3.03. The number of halogens is 1. The highest BCUT2D eigenvalue weighted by atomic mass is 35.5. The standard InChI is InChI=1S/C11H9N3O.ClH/c15-11(9-6-12-8-13-7-9)14-10-4-2-1-3-5-10;/h1-8H,(H,14,15);1H. The molecule has 0 atom stereocenters. The molecule has 4 nitrogen and oxygen atoms in total. The van der Waals surface area contributed by atoms with Gasteiger partial charge in [-0.1, -0.05) is 18.2 Å². The van der Waals surface area contributed by atoms with Gasteiger partial charge in [0, 0.05) is 18.1 Å². The molecular formula is C11H10ClN3O. The van der Waals surface area contributed by atoms with Crippen LogP contribution in [-0.4, -0.2) is 15.9 Å². The van der Waals surface area contributed by atoms with Crippen molar-refractivity contribution >= 4 is 24.0 Å². The van der Waals surface area contributed by atoms with E-state index in [0.717, 1.165) is 5.69 Å². The molecule has 0 aliphatic rings. The zero-order valence-corrected chi connectivity index (χ0v) is 9.15. The molecule has 0 saturated heterocycles. The molecule has 0 fully saturated rings. The number of carbonyl (C=O) groups is 1. The summed E-state index contributed by atoms with van der Waals surface area (Å²) < 4.78 is 0. The normalized spacial score (nSPS) is 9.00. The van der Waals surface area contributed by atoms with Gasteiger partial charge in [-0.05, 0) is 12.1 Å². The minimum Gasteiger partial charge on any atom is -0.322 e.